The highest BCUT2D eigenvalue weighted by Gasteiger charge is 2.15. The summed E-state index contributed by atoms with van der Waals surface area (Å²) < 4.78 is 1.89. The van der Waals surface area contributed by atoms with Crippen LogP contribution in [0, 0.1) is 0 Å². The summed E-state index contributed by atoms with van der Waals surface area (Å²) >= 11 is 0. The number of aromatic nitrogens is 2. The smallest absolute Gasteiger partial charge is 0.0645 e. The molecule has 1 aromatic heterocycles. The van der Waals surface area contributed by atoms with E-state index in [1.807, 2.05) is 16.9 Å². The van der Waals surface area contributed by atoms with Gasteiger partial charge < -0.3 is 0 Å². The van der Waals surface area contributed by atoms with Gasteiger partial charge in [0.15, 0.2) is 0 Å². The number of rotatable bonds is 3. The van der Waals surface area contributed by atoms with Gasteiger partial charge in [-0.1, -0.05) is 36.4 Å². The Balaban J connectivity index is 1.46. The van der Waals surface area contributed by atoms with Crippen LogP contribution in [0.4, 0.5) is 0 Å². The van der Waals surface area contributed by atoms with Gasteiger partial charge in [-0.25, -0.2) is 4.68 Å². The van der Waals surface area contributed by atoms with Crippen molar-refractivity contribution < 1.29 is 0 Å². The van der Waals surface area contributed by atoms with E-state index in [2.05, 4.69) is 58.5 Å². The van der Waals surface area contributed by atoms with Crippen LogP contribution in [-0.2, 0) is 19.5 Å². The molecule has 0 bridgehead atoms. The van der Waals surface area contributed by atoms with E-state index in [0.29, 0.717) is 0 Å². The minimum atomic E-state index is 1.01. The summed E-state index contributed by atoms with van der Waals surface area (Å²) in [5, 5.41) is 4.26. The van der Waals surface area contributed by atoms with Crippen LogP contribution in [0.5, 0.6) is 0 Å². The first-order chi connectivity index (χ1) is 10.9. The van der Waals surface area contributed by atoms with Crippen molar-refractivity contribution >= 4 is 0 Å². The molecule has 0 amide bonds. The molecule has 3 heteroatoms. The van der Waals surface area contributed by atoms with Crippen molar-refractivity contribution in [2.45, 2.75) is 19.5 Å². The largest absolute Gasteiger partial charge is 0.294 e. The minimum Gasteiger partial charge on any atom is -0.294 e. The molecule has 3 aromatic rings. The topological polar surface area (TPSA) is 21.1 Å². The zero-order chi connectivity index (χ0) is 14.8. The van der Waals surface area contributed by atoms with E-state index in [1.165, 1.54) is 16.7 Å². The van der Waals surface area contributed by atoms with Crippen molar-refractivity contribution in [3.8, 4) is 5.69 Å². The molecule has 0 radical (unpaired) electrons. The van der Waals surface area contributed by atoms with E-state index in [9.17, 15) is 0 Å². The number of benzene rings is 2. The average molecular weight is 289 g/mol. The lowest BCUT2D eigenvalue weighted by Crippen LogP contribution is -2.29. The van der Waals surface area contributed by atoms with E-state index < -0.39 is 0 Å². The number of fused-ring (bicyclic) bond motifs is 1. The standard InChI is InChI=1S/C19H19N3/c1-2-5-18-15-21(13-10-17(18)4-1)14-16-6-8-19(9-7-16)22-12-3-11-20-22/h1-9,11-12H,10,13-15H2. The summed E-state index contributed by atoms with van der Waals surface area (Å²) in [5.41, 5.74) is 5.45. The lowest BCUT2D eigenvalue weighted by Gasteiger charge is -2.28. The first kappa shape index (κ1) is 13.3. The summed E-state index contributed by atoms with van der Waals surface area (Å²) in [4.78, 5) is 2.52. The van der Waals surface area contributed by atoms with Crippen LogP contribution >= 0.6 is 0 Å². The lowest BCUT2D eigenvalue weighted by atomic mass is 9.99. The van der Waals surface area contributed by atoms with Crippen LogP contribution in [-0.4, -0.2) is 21.2 Å². The van der Waals surface area contributed by atoms with Crippen molar-refractivity contribution in [2.75, 3.05) is 6.54 Å². The van der Waals surface area contributed by atoms with Crippen LogP contribution in [0.25, 0.3) is 5.69 Å². The van der Waals surface area contributed by atoms with E-state index in [4.69, 9.17) is 0 Å². The molecule has 1 aliphatic rings. The molecule has 22 heavy (non-hydrogen) atoms. The highest BCUT2D eigenvalue weighted by Crippen LogP contribution is 2.20. The fourth-order valence-corrected chi connectivity index (χ4v) is 3.12. The fourth-order valence-electron chi connectivity index (χ4n) is 3.12. The zero-order valence-corrected chi connectivity index (χ0v) is 12.5. The van der Waals surface area contributed by atoms with Gasteiger partial charge in [-0.2, -0.15) is 5.10 Å². The SMILES string of the molecule is c1ccc2c(c1)CCN(Cc1ccc(-n3cccn3)cc1)C2. The van der Waals surface area contributed by atoms with Gasteiger partial charge in [0.25, 0.3) is 0 Å². The first-order valence-electron chi connectivity index (χ1n) is 7.76. The molecule has 0 aliphatic carbocycles. The summed E-state index contributed by atoms with van der Waals surface area (Å²) in [6.45, 7) is 3.20. The summed E-state index contributed by atoms with van der Waals surface area (Å²) in [5.74, 6) is 0. The Hall–Kier alpha value is -2.39. The second-order valence-electron chi connectivity index (χ2n) is 5.85. The van der Waals surface area contributed by atoms with Gasteiger partial charge in [0.1, 0.15) is 0 Å². The van der Waals surface area contributed by atoms with Crippen molar-refractivity contribution in [2.24, 2.45) is 0 Å². The van der Waals surface area contributed by atoms with Crippen LogP contribution in [0.2, 0.25) is 0 Å². The predicted octanol–water partition coefficient (Wildman–Crippen LogP) is 3.43. The molecule has 3 nitrogen and oxygen atoms in total. The molecule has 0 spiro atoms. The maximum absolute atomic E-state index is 4.26. The van der Waals surface area contributed by atoms with Gasteiger partial charge in [-0.15, -0.1) is 0 Å². The minimum absolute atomic E-state index is 1.01. The molecule has 0 unspecified atom stereocenters. The number of hydrogen-bond donors (Lipinski definition) is 0. The number of nitrogens with zero attached hydrogens (tertiary/aromatic N) is 3. The predicted molar refractivity (Wildman–Crippen MR) is 87.8 cm³/mol. The third-order valence-corrected chi connectivity index (χ3v) is 4.32. The Kier molecular flexibility index (Phi) is 3.49. The van der Waals surface area contributed by atoms with Crippen LogP contribution in [0.3, 0.4) is 0 Å². The maximum Gasteiger partial charge on any atom is 0.0645 e. The molecule has 110 valence electrons. The third-order valence-electron chi connectivity index (χ3n) is 4.32. The molecular formula is C19H19N3. The summed E-state index contributed by atoms with van der Waals surface area (Å²) in [6.07, 6.45) is 4.93. The van der Waals surface area contributed by atoms with Gasteiger partial charge in [0, 0.05) is 32.0 Å². The summed E-state index contributed by atoms with van der Waals surface area (Å²) in [7, 11) is 0. The van der Waals surface area contributed by atoms with Gasteiger partial charge in [-0.05, 0) is 41.3 Å². The molecule has 2 heterocycles. The second-order valence-corrected chi connectivity index (χ2v) is 5.85. The van der Waals surface area contributed by atoms with Crippen LogP contribution in [0.15, 0.2) is 67.0 Å². The quantitative estimate of drug-likeness (QED) is 0.736. The molecular weight excluding hydrogens is 270 g/mol. The van der Waals surface area contributed by atoms with E-state index in [1.54, 1.807) is 6.20 Å². The van der Waals surface area contributed by atoms with Crippen molar-refractivity contribution in [1.82, 2.24) is 14.7 Å². The van der Waals surface area contributed by atoms with Gasteiger partial charge in [0.2, 0.25) is 0 Å². The lowest BCUT2D eigenvalue weighted by molar-refractivity contribution is 0.245. The molecule has 0 saturated carbocycles. The normalized spacial score (nSPS) is 14.7. The Bertz CT molecular complexity index is 745. The van der Waals surface area contributed by atoms with Gasteiger partial charge >= 0.3 is 0 Å². The van der Waals surface area contributed by atoms with E-state index in [0.717, 1.165) is 31.7 Å². The monoisotopic (exact) mass is 289 g/mol. The maximum atomic E-state index is 4.26. The summed E-state index contributed by atoms with van der Waals surface area (Å²) in [6, 6.07) is 19.4. The molecule has 2 aromatic carbocycles. The number of hydrogen-bond acceptors (Lipinski definition) is 2. The molecule has 4 rings (SSSR count). The van der Waals surface area contributed by atoms with Crippen LogP contribution < -0.4 is 0 Å². The Morgan fingerprint density at radius 1 is 0.909 bits per heavy atom. The second kappa shape index (κ2) is 5.78. The molecule has 0 fully saturated rings. The highest BCUT2D eigenvalue weighted by atomic mass is 15.3. The van der Waals surface area contributed by atoms with Gasteiger partial charge in [0.05, 0.1) is 5.69 Å². The average Bonchev–Trinajstić information content (AvgIpc) is 3.10. The van der Waals surface area contributed by atoms with E-state index >= 15 is 0 Å². The van der Waals surface area contributed by atoms with Crippen molar-refractivity contribution in [3.05, 3.63) is 83.7 Å². The van der Waals surface area contributed by atoms with Gasteiger partial charge in [-0.3, -0.25) is 4.90 Å². The molecule has 0 N–H and O–H groups in total. The third kappa shape index (κ3) is 2.68. The van der Waals surface area contributed by atoms with E-state index in [-0.39, 0.29) is 0 Å². The Morgan fingerprint density at radius 3 is 2.50 bits per heavy atom. The fraction of sp³-hybridized carbons (Fsp3) is 0.211. The molecule has 0 atom stereocenters. The van der Waals surface area contributed by atoms with Crippen molar-refractivity contribution in [3.63, 3.8) is 0 Å². The molecule has 1 aliphatic heterocycles. The highest BCUT2D eigenvalue weighted by molar-refractivity contribution is 5.34. The Morgan fingerprint density at radius 2 is 1.73 bits per heavy atom. The van der Waals surface area contributed by atoms with Crippen LogP contribution in [0.1, 0.15) is 16.7 Å². The zero-order valence-electron chi connectivity index (χ0n) is 12.5. The molecule has 0 saturated heterocycles. The Labute approximate surface area is 130 Å². The van der Waals surface area contributed by atoms with Crippen molar-refractivity contribution in [1.29, 1.82) is 0 Å². The first-order valence-corrected chi connectivity index (χ1v) is 7.76.